The van der Waals surface area contributed by atoms with Crippen LogP contribution in [-0.4, -0.2) is 15.8 Å². The molecule has 0 fully saturated rings. The van der Waals surface area contributed by atoms with Crippen molar-refractivity contribution >= 4 is 39.5 Å². The van der Waals surface area contributed by atoms with Gasteiger partial charge in [0.15, 0.2) is 0 Å². The fraction of sp³-hybridized carbons (Fsp3) is 0.0909. The number of benzene rings is 2. The van der Waals surface area contributed by atoms with E-state index in [9.17, 15) is 14.9 Å². The van der Waals surface area contributed by atoms with Gasteiger partial charge >= 0.3 is 0 Å². The van der Waals surface area contributed by atoms with Gasteiger partial charge in [-0.05, 0) is 49.7 Å². The molecule has 0 saturated heterocycles. The number of thiophene rings is 1. The molecule has 4 rings (SSSR count). The molecule has 1 amide bonds. The van der Waals surface area contributed by atoms with E-state index in [4.69, 9.17) is 0 Å². The molecule has 7 heteroatoms. The Morgan fingerprint density at radius 2 is 1.86 bits per heavy atom. The predicted octanol–water partition coefficient (Wildman–Crippen LogP) is 5.74. The van der Waals surface area contributed by atoms with Crippen LogP contribution in [0.3, 0.4) is 0 Å². The highest BCUT2D eigenvalue weighted by atomic mass is 32.1. The average molecular weight is 403 g/mol. The molecule has 2 aromatic carbocycles. The third kappa shape index (κ3) is 3.72. The number of aryl methyl sites for hydroxylation is 2. The van der Waals surface area contributed by atoms with Gasteiger partial charge in [0.2, 0.25) is 0 Å². The molecule has 0 aliphatic heterocycles. The van der Waals surface area contributed by atoms with Crippen LogP contribution in [0.2, 0.25) is 0 Å². The monoisotopic (exact) mass is 403 g/mol. The number of nitrogens with zero attached hydrogens (tertiary/aromatic N) is 2. The molecule has 144 valence electrons. The number of pyridine rings is 1. The minimum absolute atomic E-state index is 0.134. The van der Waals surface area contributed by atoms with E-state index in [-0.39, 0.29) is 11.4 Å². The van der Waals surface area contributed by atoms with Crippen LogP contribution >= 0.6 is 11.3 Å². The first-order chi connectivity index (χ1) is 13.9. The van der Waals surface area contributed by atoms with E-state index in [2.05, 4.69) is 10.3 Å². The van der Waals surface area contributed by atoms with Crippen molar-refractivity contribution in [1.82, 2.24) is 4.98 Å². The van der Waals surface area contributed by atoms with Gasteiger partial charge in [0, 0.05) is 16.3 Å². The second kappa shape index (κ2) is 7.44. The highest BCUT2D eigenvalue weighted by Gasteiger charge is 2.19. The number of hydrogen-bond donors (Lipinski definition) is 1. The zero-order valence-electron chi connectivity index (χ0n) is 15.8. The minimum atomic E-state index is -0.493. The summed E-state index contributed by atoms with van der Waals surface area (Å²) in [6, 6.07) is 17.8. The number of amides is 1. The zero-order valence-corrected chi connectivity index (χ0v) is 16.6. The van der Waals surface area contributed by atoms with Crippen molar-refractivity contribution in [3.05, 3.63) is 86.8 Å². The summed E-state index contributed by atoms with van der Waals surface area (Å²) < 4.78 is 0. The summed E-state index contributed by atoms with van der Waals surface area (Å²) in [6.07, 6.45) is 0. The number of para-hydroxylation sites is 1. The Labute approximate surface area is 171 Å². The summed E-state index contributed by atoms with van der Waals surface area (Å²) in [7, 11) is 0. The number of anilines is 1. The second-order valence-electron chi connectivity index (χ2n) is 6.71. The summed E-state index contributed by atoms with van der Waals surface area (Å²) in [6.45, 7) is 3.78. The molecule has 0 atom stereocenters. The van der Waals surface area contributed by atoms with Crippen LogP contribution in [0.1, 0.15) is 20.8 Å². The summed E-state index contributed by atoms with van der Waals surface area (Å²) >= 11 is 1.60. The van der Waals surface area contributed by atoms with Crippen LogP contribution in [0.15, 0.2) is 60.7 Å². The van der Waals surface area contributed by atoms with E-state index < -0.39 is 10.8 Å². The number of fused-ring (bicyclic) bond motifs is 1. The smallest absolute Gasteiger partial charge is 0.293 e. The molecule has 0 saturated carbocycles. The van der Waals surface area contributed by atoms with Gasteiger partial charge in [0.25, 0.3) is 11.6 Å². The molecule has 2 aromatic heterocycles. The fourth-order valence-electron chi connectivity index (χ4n) is 3.15. The summed E-state index contributed by atoms with van der Waals surface area (Å²) in [5.41, 5.74) is 2.60. The van der Waals surface area contributed by atoms with Crippen LogP contribution < -0.4 is 5.32 Å². The van der Waals surface area contributed by atoms with E-state index in [1.165, 1.54) is 6.07 Å². The molecule has 0 radical (unpaired) electrons. The Balaban J connectivity index is 1.81. The van der Waals surface area contributed by atoms with Gasteiger partial charge < -0.3 is 5.32 Å². The number of carbonyl (C=O) groups is 1. The largest absolute Gasteiger partial charge is 0.316 e. The first-order valence-electron chi connectivity index (χ1n) is 8.95. The van der Waals surface area contributed by atoms with Crippen LogP contribution in [0.25, 0.3) is 21.5 Å². The normalized spacial score (nSPS) is 10.8. The lowest BCUT2D eigenvalue weighted by Crippen LogP contribution is -2.14. The molecule has 2 heterocycles. The SMILES string of the molecule is Cc1ccc(NC(=O)c2cc(-c3ccc(C)s3)nc3ccccc23)c([N+](=O)[O-])c1. The van der Waals surface area contributed by atoms with Gasteiger partial charge in [-0.25, -0.2) is 4.98 Å². The first-order valence-corrected chi connectivity index (χ1v) is 9.77. The van der Waals surface area contributed by atoms with Crippen molar-refractivity contribution in [1.29, 1.82) is 0 Å². The number of aromatic nitrogens is 1. The minimum Gasteiger partial charge on any atom is -0.316 e. The number of nitro groups is 1. The topological polar surface area (TPSA) is 85.1 Å². The third-order valence-corrected chi connectivity index (χ3v) is 5.57. The number of carbonyl (C=O) groups excluding carboxylic acids is 1. The molecular weight excluding hydrogens is 386 g/mol. The number of nitrogens with one attached hydrogen (secondary N) is 1. The highest BCUT2D eigenvalue weighted by molar-refractivity contribution is 7.15. The van der Waals surface area contributed by atoms with Gasteiger partial charge in [-0.3, -0.25) is 14.9 Å². The van der Waals surface area contributed by atoms with Gasteiger partial charge in [0.05, 0.1) is 26.6 Å². The molecule has 1 N–H and O–H groups in total. The Morgan fingerprint density at radius 3 is 2.59 bits per heavy atom. The maximum atomic E-state index is 13.1. The maximum absolute atomic E-state index is 13.1. The van der Waals surface area contributed by atoms with Crippen molar-refractivity contribution < 1.29 is 9.72 Å². The second-order valence-corrected chi connectivity index (χ2v) is 8.00. The Bertz CT molecular complexity index is 1260. The number of hydrogen-bond acceptors (Lipinski definition) is 5. The van der Waals surface area contributed by atoms with Crippen LogP contribution in [-0.2, 0) is 0 Å². The molecule has 0 unspecified atom stereocenters. The molecule has 0 aliphatic rings. The number of nitro benzene ring substituents is 1. The van der Waals surface area contributed by atoms with Crippen LogP contribution in [0.4, 0.5) is 11.4 Å². The summed E-state index contributed by atoms with van der Waals surface area (Å²) in [5.74, 6) is -0.412. The average Bonchev–Trinajstić information content (AvgIpc) is 3.14. The van der Waals surface area contributed by atoms with E-state index >= 15 is 0 Å². The van der Waals surface area contributed by atoms with Crippen molar-refractivity contribution in [2.75, 3.05) is 5.32 Å². The lowest BCUT2D eigenvalue weighted by molar-refractivity contribution is -0.384. The Hall–Kier alpha value is -3.58. The summed E-state index contributed by atoms with van der Waals surface area (Å²) in [4.78, 5) is 30.8. The number of rotatable bonds is 4. The van der Waals surface area contributed by atoms with Crippen molar-refractivity contribution in [3.63, 3.8) is 0 Å². The van der Waals surface area contributed by atoms with E-state index in [1.54, 1.807) is 36.5 Å². The quantitative estimate of drug-likeness (QED) is 0.348. The lowest BCUT2D eigenvalue weighted by Gasteiger charge is -2.10. The zero-order chi connectivity index (χ0) is 20.5. The standard InChI is InChI=1S/C22H17N3O3S/c1-13-7-9-18(20(11-13)25(27)28)24-22(26)16-12-19(21-10-8-14(2)29-21)23-17-6-4-3-5-15(16)17/h3-12H,1-2H3,(H,24,26). The molecule has 0 bridgehead atoms. The first kappa shape index (κ1) is 18.8. The van der Waals surface area contributed by atoms with Gasteiger partial charge in [0.1, 0.15) is 5.69 Å². The van der Waals surface area contributed by atoms with Gasteiger partial charge in [-0.2, -0.15) is 0 Å². The third-order valence-electron chi connectivity index (χ3n) is 4.55. The highest BCUT2D eigenvalue weighted by Crippen LogP contribution is 2.31. The van der Waals surface area contributed by atoms with Gasteiger partial charge in [-0.1, -0.05) is 24.3 Å². The van der Waals surface area contributed by atoms with E-state index in [0.717, 1.165) is 15.3 Å². The van der Waals surface area contributed by atoms with Crippen molar-refractivity contribution in [2.24, 2.45) is 0 Å². The fourth-order valence-corrected chi connectivity index (χ4v) is 3.98. The molecule has 6 nitrogen and oxygen atoms in total. The molecule has 0 aliphatic carbocycles. The van der Waals surface area contributed by atoms with Gasteiger partial charge in [-0.15, -0.1) is 11.3 Å². The molecule has 29 heavy (non-hydrogen) atoms. The predicted molar refractivity (Wildman–Crippen MR) is 116 cm³/mol. The maximum Gasteiger partial charge on any atom is 0.293 e. The van der Waals surface area contributed by atoms with Crippen LogP contribution in [0.5, 0.6) is 0 Å². The molecule has 4 aromatic rings. The molecule has 0 spiro atoms. The van der Waals surface area contributed by atoms with Crippen LogP contribution in [0, 0.1) is 24.0 Å². The van der Waals surface area contributed by atoms with Crippen molar-refractivity contribution in [3.8, 4) is 10.6 Å². The molecular formula is C22H17N3O3S. The van der Waals surface area contributed by atoms with E-state index in [0.29, 0.717) is 22.2 Å². The van der Waals surface area contributed by atoms with Crippen molar-refractivity contribution in [2.45, 2.75) is 13.8 Å². The Morgan fingerprint density at radius 1 is 1.07 bits per heavy atom. The Kier molecular flexibility index (Phi) is 4.82. The summed E-state index contributed by atoms with van der Waals surface area (Å²) in [5, 5.41) is 14.8. The van der Waals surface area contributed by atoms with E-state index in [1.807, 2.05) is 43.3 Å². The lowest BCUT2D eigenvalue weighted by atomic mass is 10.1.